The number of hydrogen-bond donors (Lipinski definition) is 1. The van der Waals surface area contributed by atoms with Gasteiger partial charge in [-0.05, 0) is 12.5 Å². The van der Waals surface area contributed by atoms with Crippen molar-refractivity contribution in [2.75, 3.05) is 0 Å². The van der Waals surface area contributed by atoms with Crippen molar-refractivity contribution >= 4 is 5.97 Å². The van der Waals surface area contributed by atoms with E-state index in [0.29, 0.717) is 6.42 Å². The fourth-order valence-electron chi connectivity index (χ4n) is 1.24. The molecule has 0 saturated heterocycles. The van der Waals surface area contributed by atoms with Crippen LogP contribution in [-0.4, -0.2) is 11.1 Å². The highest BCUT2D eigenvalue weighted by Crippen LogP contribution is 2.34. The number of rotatable bonds is 4. The van der Waals surface area contributed by atoms with Gasteiger partial charge in [-0.1, -0.05) is 20.8 Å². The van der Waals surface area contributed by atoms with Gasteiger partial charge in [-0.2, -0.15) is 0 Å². The van der Waals surface area contributed by atoms with Crippen LogP contribution in [0.2, 0.25) is 0 Å². The molecule has 1 aromatic heterocycles. The summed E-state index contributed by atoms with van der Waals surface area (Å²) in [5.74, 6) is -1.87. The van der Waals surface area contributed by atoms with Gasteiger partial charge >= 0.3 is 5.97 Å². The van der Waals surface area contributed by atoms with Crippen molar-refractivity contribution in [2.45, 2.75) is 39.0 Å². The Morgan fingerprint density at radius 2 is 2.12 bits per heavy atom. The number of halogens is 2. The topological polar surface area (TPSA) is 50.4 Å². The second kappa shape index (κ2) is 4.23. The van der Waals surface area contributed by atoms with Crippen LogP contribution in [0.4, 0.5) is 8.78 Å². The van der Waals surface area contributed by atoms with Crippen molar-refractivity contribution in [3.63, 3.8) is 0 Å². The first kappa shape index (κ1) is 12.7. The fraction of sp³-hybridized carbons (Fsp3) is 0.545. The Balaban J connectivity index is 3.27. The third-order valence-corrected chi connectivity index (χ3v) is 2.74. The highest BCUT2D eigenvalue weighted by atomic mass is 19.3. The first-order chi connectivity index (χ1) is 7.29. The van der Waals surface area contributed by atoms with Crippen molar-refractivity contribution in [1.82, 2.24) is 0 Å². The molecule has 0 bridgehead atoms. The summed E-state index contributed by atoms with van der Waals surface area (Å²) in [4.78, 5) is 10.8. The van der Waals surface area contributed by atoms with Crippen LogP contribution >= 0.6 is 0 Å². The Kier molecular flexibility index (Phi) is 3.35. The number of alkyl halides is 2. The molecule has 16 heavy (non-hydrogen) atoms. The molecule has 0 aliphatic heterocycles. The minimum Gasteiger partial charge on any atom is -0.478 e. The summed E-state index contributed by atoms with van der Waals surface area (Å²) < 4.78 is 30.0. The first-order valence-corrected chi connectivity index (χ1v) is 4.95. The van der Waals surface area contributed by atoms with Crippen LogP contribution in [0, 0.1) is 0 Å². The van der Waals surface area contributed by atoms with Crippen LogP contribution in [0.1, 0.15) is 55.5 Å². The molecule has 0 aromatic carbocycles. The van der Waals surface area contributed by atoms with Gasteiger partial charge in [0.15, 0.2) is 5.76 Å². The summed E-state index contributed by atoms with van der Waals surface area (Å²) in [6, 6.07) is 1.19. The Hall–Kier alpha value is -1.39. The standard InChI is InChI=1S/C11H14F2O3/c1-4-11(2,3)7-5-6(10(14)15)8(16-7)9(12)13/h5,9H,4H2,1-3H3,(H,14,15). The normalized spacial score (nSPS) is 12.1. The summed E-state index contributed by atoms with van der Waals surface area (Å²) in [5, 5.41) is 8.77. The third kappa shape index (κ3) is 2.23. The van der Waals surface area contributed by atoms with E-state index in [-0.39, 0.29) is 5.76 Å². The lowest BCUT2D eigenvalue weighted by atomic mass is 9.87. The summed E-state index contributed by atoms with van der Waals surface area (Å²) >= 11 is 0. The minimum absolute atomic E-state index is 0.280. The number of aromatic carboxylic acids is 1. The molecule has 1 N–H and O–H groups in total. The first-order valence-electron chi connectivity index (χ1n) is 4.95. The largest absolute Gasteiger partial charge is 0.478 e. The summed E-state index contributed by atoms with van der Waals surface area (Å²) in [5.41, 5.74) is -0.899. The third-order valence-electron chi connectivity index (χ3n) is 2.74. The average Bonchev–Trinajstić information content (AvgIpc) is 2.62. The minimum atomic E-state index is -2.91. The van der Waals surface area contributed by atoms with Gasteiger partial charge in [-0.3, -0.25) is 0 Å². The van der Waals surface area contributed by atoms with E-state index >= 15 is 0 Å². The number of furan rings is 1. The van der Waals surface area contributed by atoms with Crippen molar-refractivity contribution in [1.29, 1.82) is 0 Å². The molecule has 0 amide bonds. The van der Waals surface area contributed by atoms with Gasteiger partial charge in [0.25, 0.3) is 6.43 Å². The zero-order valence-electron chi connectivity index (χ0n) is 9.38. The molecule has 0 radical (unpaired) electrons. The van der Waals surface area contributed by atoms with Crippen LogP contribution in [0.5, 0.6) is 0 Å². The summed E-state index contributed by atoms with van der Waals surface area (Å²) in [7, 11) is 0. The molecule has 5 heteroatoms. The van der Waals surface area contributed by atoms with Gasteiger partial charge in [0.1, 0.15) is 11.3 Å². The zero-order valence-corrected chi connectivity index (χ0v) is 9.38. The monoisotopic (exact) mass is 232 g/mol. The van der Waals surface area contributed by atoms with Crippen LogP contribution in [-0.2, 0) is 5.41 Å². The van der Waals surface area contributed by atoms with Crippen LogP contribution in [0.15, 0.2) is 10.5 Å². The van der Waals surface area contributed by atoms with Crippen LogP contribution in [0.3, 0.4) is 0 Å². The molecule has 0 atom stereocenters. The van der Waals surface area contributed by atoms with E-state index in [0.717, 1.165) is 0 Å². The van der Waals surface area contributed by atoms with E-state index in [9.17, 15) is 13.6 Å². The van der Waals surface area contributed by atoms with E-state index in [1.807, 2.05) is 20.8 Å². The molecule has 0 spiro atoms. The Morgan fingerprint density at radius 3 is 2.44 bits per heavy atom. The molecule has 0 saturated carbocycles. The maximum Gasteiger partial charge on any atom is 0.339 e. The number of carboxylic acids is 1. The van der Waals surface area contributed by atoms with Gasteiger partial charge in [-0.15, -0.1) is 0 Å². The van der Waals surface area contributed by atoms with Gasteiger partial charge in [0.05, 0.1) is 0 Å². The Morgan fingerprint density at radius 1 is 1.56 bits per heavy atom. The predicted octanol–water partition coefficient (Wildman–Crippen LogP) is 3.60. The SMILES string of the molecule is CCC(C)(C)c1cc(C(=O)O)c(C(F)F)o1. The van der Waals surface area contributed by atoms with Gasteiger partial charge < -0.3 is 9.52 Å². The van der Waals surface area contributed by atoms with Crippen LogP contribution < -0.4 is 0 Å². The molecule has 3 nitrogen and oxygen atoms in total. The van der Waals surface area contributed by atoms with Gasteiger partial charge in [0.2, 0.25) is 0 Å². The number of hydrogen-bond acceptors (Lipinski definition) is 2. The highest BCUT2D eigenvalue weighted by Gasteiger charge is 2.30. The average molecular weight is 232 g/mol. The molecule has 1 heterocycles. The van der Waals surface area contributed by atoms with Crippen molar-refractivity contribution < 1.29 is 23.1 Å². The molecule has 0 aliphatic carbocycles. The number of carbonyl (C=O) groups is 1. The second-order valence-electron chi connectivity index (χ2n) is 4.23. The van der Waals surface area contributed by atoms with Crippen molar-refractivity contribution in [3.8, 4) is 0 Å². The lowest BCUT2D eigenvalue weighted by molar-refractivity contribution is 0.0672. The lowest BCUT2D eigenvalue weighted by Gasteiger charge is -2.18. The fourth-order valence-corrected chi connectivity index (χ4v) is 1.24. The predicted molar refractivity (Wildman–Crippen MR) is 53.9 cm³/mol. The molecule has 1 rings (SSSR count). The van der Waals surface area contributed by atoms with E-state index < -0.39 is 29.1 Å². The highest BCUT2D eigenvalue weighted by molar-refractivity contribution is 5.89. The molecular formula is C11H14F2O3. The van der Waals surface area contributed by atoms with E-state index in [1.54, 1.807) is 0 Å². The van der Waals surface area contributed by atoms with Crippen molar-refractivity contribution in [3.05, 3.63) is 23.2 Å². The van der Waals surface area contributed by atoms with E-state index in [2.05, 4.69) is 0 Å². The molecule has 0 unspecified atom stereocenters. The Labute approximate surface area is 92.1 Å². The van der Waals surface area contributed by atoms with Crippen molar-refractivity contribution in [2.24, 2.45) is 0 Å². The van der Waals surface area contributed by atoms with Gasteiger partial charge in [0, 0.05) is 5.41 Å². The van der Waals surface area contributed by atoms with E-state index in [4.69, 9.17) is 9.52 Å². The maximum absolute atomic E-state index is 12.5. The molecular weight excluding hydrogens is 218 g/mol. The van der Waals surface area contributed by atoms with Crippen LogP contribution in [0.25, 0.3) is 0 Å². The molecule has 90 valence electrons. The molecule has 1 aromatic rings. The lowest BCUT2D eigenvalue weighted by Crippen LogP contribution is -2.14. The molecule has 0 fully saturated rings. The zero-order chi connectivity index (χ0) is 12.5. The summed E-state index contributed by atoms with van der Waals surface area (Å²) in [6.07, 6.45) is -2.24. The quantitative estimate of drug-likeness (QED) is 0.862. The maximum atomic E-state index is 12.5. The van der Waals surface area contributed by atoms with Gasteiger partial charge in [-0.25, -0.2) is 13.6 Å². The van der Waals surface area contributed by atoms with E-state index in [1.165, 1.54) is 6.07 Å². The Bertz CT molecular complexity index is 394. The molecule has 0 aliphatic rings. The smallest absolute Gasteiger partial charge is 0.339 e. The summed E-state index contributed by atoms with van der Waals surface area (Å²) in [6.45, 7) is 5.50. The number of carboxylic acid groups (broad SMARTS) is 1. The second-order valence-corrected chi connectivity index (χ2v) is 4.23.